The lowest BCUT2D eigenvalue weighted by molar-refractivity contribution is 0.401. The van der Waals surface area contributed by atoms with Crippen LogP contribution < -0.4 is 4.90 Å². The number of rotatable bonds is 3. The fourth-order valence-electron chi connectivity index (χ4n) is 2.91. The van der Waals surface area contributed by atoms with Crippen LogP contribution in [0.15, 0.2) is 42.6 Å². The average molecular weight is 288 g/mol. The van der Waals surface area contributed by atoms with Gasteiger partial charge < -0.3 is 4.90 Å². The second kappa shape index (κ2) is 6.20. The summed E-state index contributed by atoms with van der Waals surface area (Å²) in [6, 6.07) is 10.2. The van der Waals surface area contributed by atoms with E-state index in [-0.39, 0.29) is 0 Å². The number of benzene rings is 1. The van der Waals surface area contributed by atoms with Crippen LogP contribution in [0.25, 0.3) is 0 Å². The van der Waals surface area contributed by atoms with E-state index >= 15 is 0 Å². The van der Waals surface area contributed by atoms with E-state index in [0.29, 0.717) is 5.92 Å². The lowest BCUT2D eigenvalue weighted by Gasteiger charge is -2.32. The van der Waals surface area contributed by atoms with Crippen LogP contribution in [-0.2, 0) is 6.42 Å². The van der Waals surface area contributed by atoms with Crippen LogP contribution in [0, 0.1) is 17.6 Å². The van der Waals surface area contributed by atoms with Crippen LogP contribution in [0.5, 0.6) is 0 Å². The minimum Gasteiger partial charge on any atom is -0.357 e. The molecule has 0 atom stereocenters. The highest BCUT2D eigenvalue weighted by Crippen LogP contribution is 2.25. The second-order valence-electron chi connectivity index (χ2n) is 5.57. The highest BCUT2D eigenvalue weighted by molar-refractivity contribution is 5.38. The van der Waals surface area contributed by atoms with Gasteiger partial charge in [0.05, 0.1) is 0 Å². The predicted octanol–water partition coefficient (Wildman–Crippen LogP) is 3.82. The van der Waals surface area contributed by atoms with Crippen molar-refractivity contribution >= 4 is 5.82 Å². The molecule has 0 aliphatic carbocycles. The van der Waals surface area contributed by atoms with Gasteiger partial charge in [-0.2, -0.15) is 0 Å². The molecule has 0 saturated carbocycles. The van der Waals surface area contributed by atoms with Gasteiger partial charge in [0.25, 0.3) is 0 Å². The van der Waals surface area contributed by atoms with Gasteiger partial charge in [-0.25, -0.2) is 13.8 Å². The normalized spacial score (nSPS) is 16.2. The fraction of sp³-hybridized carbons (Fsp3) is 0.353. The van der Waals surface area contributed by atoms with Crippen LogP contribution in [0.4, 0.5) is 14.6 Å². The van der Waals surface area contributed by atoms with E-state index in [4.69, 9.17) is 0 Å². The number of nitrogens with zero attached hydrogens (tertiary/aromatic N) is 2. The first-order valence-corrected chi connectivity index (χ1v) is 7.32. The SMILES string of the molecule is Fc1ccc(CC2CCN(c3ccccn3)CC2)cc1F. The Labute approximate surface area is 123 Å². The van der Waals surface area contributed by atoms with E-state index in [0.717, 1.165) is 43.7 Å². The Morgan fingerprint density at radius 1 is 1.05 bits per heavy atom. The smallest absolute Gasteiger partial charge is 0.159 e. The van der Waals surface area contributed by atoms with E-state index in [9.17, 15) is 8.78 Å². The maximum Gasteiger partial charge on any atom is 0.159 e. The molecule has 1 aromatic carbocycles. The fourth-order valence-corrected chi connectivity index (χ4v) is 2.91. The van der Waals surface area contributed by atoms with Crippen molar-refractivity contribution < 1.29 is 8.78 Å². The number of anilines is 1. The molecule has 1 saturated heterocycles. The summed E-state index contributed by atoms with van der Waals surface area (Å²) in [7, 11) is 0. The van der Waals surface area contributed by atoms with Gasteiger partial charge in [0, 0.05) is 19.3 Å². The van der Waals surface area contributed by atoms with Crippen LogP contribution in [0.2, 0.25) is 0 Å². The molecular weight excluding hydrogens is 270 g/mol. The minimum absolute atomic E-state index is 0.523. The molecule has 21 heavy (non-hydrogen) atoms. The van der Waals surface area contributed by atoms with Crippen molar-refractivity contribution in [2.75, 3.05) is 18.0 Å². The zero-order valence-corrected chi connectivity index (χ0v) is 11.8. The van der Waals surface area contributed by atoms with Crippen molar-refractivity contribution in [3.63, 3.8) is 0 Å². The van der Waals surface area contributed by atoms with Gasteiger partial charge in [-0.1, -0.05) is 12.1 Å². The second-order valence-corrected chi connectivity index (χ2v) is 5.57. The molecule has 1 fully saturated rings. The quantitative estimate of drug-likeness (QED) is 0.853. The van der Waals surface area contributed by atoms with Crippen molar-refractivity contribution in [1.82, 2.24) is 4.98 Å². The van der Waals surface area contributed by atoms with Gasteiger partial charge >= 0.3 is 0 Å². The molecule has 2 nitrogen and oxygen atoms in total. The average Bonchev–Trinajstić information content (AvgIpc) is 2.53. The van der Waals surface area contributed by atoms with E-state index < -0.39 is 11.6 Å². The maximum atomic E-state index is 13.2. The molecule has 4 heteroatoms. The Morgan fingerprint density at radius 3 is 2.52 bits per heavy atom. The van der Waals surface area contributed by atoms with E-state index in [2.05, 4.69) is 9.88 Å². The zero-order valence-electron chi connectivity index (χ0n) is 11.8. The number of aromatic nitrogens is 1. The lowest BCUT2D eigenvalue weighted by atomic mass is 9.90. The molecule has 1 aromatic heterocycles. The van der Waals surface area contributed by atoms with Crippen molar-refractivity contribution in [3.05, 3.63) is 59.8 Å². The first-order chi connectivity index (χ1) is 10.2. The van der Waals surface area contributed by atoms with Gasteiger partial charge in [0.1, 0.15) is 5.82 Å². The number of piperidine rings is 1. The molecule has 0 spiro atoms. The topological polar surface area (TPSA) is 16.1 Å². The molecule has 2 aromatic rings. The van der Waals surface area contributed by atoms with Gasteiger partial charge in [-0.05, 0) is 55.0 Å². The van der Waals surface area contributed by atoms with Crippen LogP contribution in [-0.4, -0.2) is 18.1 Å². The molecule has 2 heterocycles. The predicted molar refractivity (Wildman–Crippen MR) is 79.2 cm³/mol. The number of halogens is 2. The molecule has 0 radical (unpaired) electrons. The first kappa shape index (κ1) is 14.0. The van der Waals surface area contributed by atoms with Crippen LogP contribution in [0.1, 0.15) is 18.4 Å². The number of pyridine rings is 1. The Balaban J connectivity index is 1.57. The Kier molecular flexibility index (Phi) is 4.13. The first-order valence-electron chi connectivity index (χ1n) is 7.32. The molecule has 1 aliphatic heterocycles. The zero-order chi connectivity index (χ0) is 14.7. The summed E-state index contributed by atoms with van der Waals surface area (Å²) in [5.74, 6) is 0.0146. The molecule has 3 rings (SSSR count). The molecule has 110 valence electrons. The summed E-state index contributed by atoms with van der Waals surface area (Å²) in [5.41, 5.74) is 0.880. The van der Waals surface area contributed by atoms with Gasteiger partial charge in [0.2, 0.25) is 0 Å². The third-order valence-corrected chi connectivity index (χ3v) is 4.10. The summed E-state index contributed by atoms with van der Waals surface area (Å²) in [6.07, 6.45) is 4.72. The monoisotopic (exact) mass is 288 g/mol. The number of hydrogen-bond acceptors (Lipinski definition) is 2. The van der Waals surface area contributed by atoms with Gasteiger partial charge in [-0.15, -0.1) is 0 Å². The van der Waals surface area contributed by atoms with Crippen molar-refractivity contribution in [1.29, 1.82) is 0 Å². The van der Waals surface area contributed by atoms with E-state index in [1.54, 1.807) is 6.07 Å². The third kappa shape index (κ3) is 3.38. The lowest BCUT2D eigenvalue weighted by Crippen LogP contribution is -2.34. The maximum absolute atomic E-state index is 13.2. The van der Waals surface area contributed by atoms with Gasteiger partial charge in [-0.3, -0.25) is 0 Å². The minimum atomic E-state index is -0.774. The molecule has 0 N–H and O–H groups in total. The largest absolute Gasteiger partial charge is 0.357 e. The van der Waals surface area contributed by atoms with Crippen molar-refractivity contribution in [2.24, 2.45) is 5.92 Å². The molecule has 1 aliphatic rings. The molecule has 0 unspecified atom stereocenters. The summed E-state index contributed by atoms with van der Waals surface area (Å²) < 4.78 is 26.2. The van der Waals surface area contributed by atoms with Crippen LogP contribution in [0.3, 0.4) is 0 Å². The molecular formula is C17H18F2N2. The summed E-state index contributed by atoms with van der Waals surface area (Å²) >= 11 is 0. The Morgan fingerprint density at radius 2 is 1.86 bits per heavy atom. The molecule has 0 amide bonds. The highest BCUT2D eigenvalue weighted by Gasteiger charge is 2.20. The highest BCUT2D eigenvalue weighted by atomic mass is 19.2. The third-order valence-electron chi connectivity index (χ3n) is 4.10. The van der Waals surface area contributed by atoms with Crippen molar-refractivity contribution in [3.8, 4) is 0 Å². The standard InChI is InChI=1S/C17H18F2N2/c18-15-5-4-14(12-16(15)19)11-13-6-9-21(10-7-13)17-3-1-2-8-20-17/h1-5,8,12-13H,6-7,9-11H2. The molecule has 0 bridgehead atoms. The van der Waals surface area contributed by atoms with Crippen molar-refractivity contribution in [2.45, 2.75) is 19.3 Å². The van der Waals surface area contributed by atoms with Crippen LogP contribution >= 0.6 is 0 Å². The van der Waals surface area contributed by atoms with E-state index in [1.807, 2.05) is 24.4 Å². The number of hydrogen-bond donors (Lipinski definition) is 0. The summed E-state index contributed by atoms with van der Waals surface area (Å²) in [5, 5.41) is 0. The van der Waals surface area contributed by atoms with E-state index in [1.165, 1.54) is 12.1 Å². The van der Waals surface area contributed by atoms with Gasteiger partial charge in [0.15, 0.2) is 11.6 Å². The summed E-state index contributed by atoms with van der Waals surface area (Å²) in [6.45, 7) is 1.93. The summed E-state index contributed by atoms with van der Waals surface area (Å²) in [4.78, 5) is 6.65. The Bertz CT molecular complexity index is 593. The Hall–Kier alpha value is -1.97.